The minimum absolute atomic E-state index is 0.0274. The summed E-state index contributed by atoms with van der Waals surface area (Å²) in [5, 5.41) is 0. The molecule has 1 amide bonds. The second kappa shape index (κ2) is 5.34. The van der Waals surface area contributed by atoms with Gasteiger partial charge in [-0.3, -0.25) is 0 Å². The third-order valence-electron chi connectivity index (χ3n) is 2.48. The van der Waals surface area contributed by atoms with Crippen molar-refractivity contribution in [3.05, 3.63) is 12.7 Å². The first kappa shape index (κ1) is 13.0. The normalized spacial score (nSPS) is 22.7. The third-order valence-corrected chi connectivity index (χ3v) is 4.23. The van der Waals surface area contributed by atoms with E-state index in [2.05, 4.69) is 6.58 Å². The van der Waals surface area contributed by atoms with Crippen LogP contribution in [0.1, 0.15) is 13.3 Å². The lowest BCUT2D eigenvalue weighted by molar-refractivity contribution is 0.0992. The lowest BCUT2D eigenvalue weighted by atomic mass is 10.2. The van der Waals surface area contributed by atoms with Crippen LogP contribution in [0.4, 0.5) is 4.79 Å². The van der Waals surface area contributed by atoms with Crippen molar-refractivity contribution in [2.75, 3.05) is 24.7 Å². The van der Waals surface area contributed by atoms with E-state index in [9.17, 15) is 13.2 Å². The summed E-state index contributed by atoms with van der Waals surface area (Å²) < 4.78 is 27.5. The number of sulfone groups is 1. The summed E-state index contributed by atoms with van der Waals surface area (Å²) in [4.78, 5) is 13.0. The molecular formula is C10H17NO4S. The molecule has 5 nitrogen and oxygen atoms in total. The number of ether oxygens (including phenoxy) is 1. The van der Waals surface area contributed by atoms with E-state index in [1.54, 1.807) is 13.0 Å². The summed E-state index contributed by atoms with van der Waals surface area (Å²) in [7, 11) is -2.99. The van der Waals surface area contributed by atoms with Crippen LogP contribution in [0.2, 0.25) is 0 Å². The minimum Gasteiger partial charge on any atom is -0.450 e. The topological polar surface area (TPSA) is 63.7 Å². The Hall–Kier alpha value is -1.04. The molecule has 0 unspecified atom stereocenters. The molecule has 6 heteroatoms. The monoisotopic (exact) mass is 247 g/mol. The first-order valence-electron chi connectivity index (χ1n) is 5.25. The van der Waals surface area contributed by atoms with Gasteiger partial charge in [0.2, 0.25) is 0 Å². The maximum absolute atomic E-state index is 11.6. The van der Waals surface area contributed by atoms with Gasteiger partial charge in [-0.05, 0) is 13.3 Å². The van der Waals surface area contributed by atoms with Crippen LogP contribution in [0.3, 0.4) is 0 Å². The smallest absolute Gasteiger partial charge is 0.410 e. The van der Waals surface area contributed by atoms with Crippen LogP contribution >= 0.6 is 0 Å². The van der Waals surface area contributed by atoms with Gasteiger partial charge >= 0.3 is 6.09 Å². The number of hydrogen-bond acceptors (Lipinski definition) is 4. The van der Waals surface area contributed by atoms with E-state index in [0.29, 0.717) is 13.0 Å². The molecule has 16 heavy (non-hydrogen) atoms. The van der Waals surface area contributed by atoms with Crippen LogP contribution in [0.25, 0.3) is 0 Å². The first-order valence-corrected chi connectivity index (χ1v) is 7.07. The second-order valence-corrected chi connectivity index (χ2v) is 5.93. The molecule has 1 saturated heterocycles. The zero-order valence-corrected chi connectivity index (χ0v) is 10.2. The average molecular weight is 247 g/mol. The molecule has 0 aromatic carbocycles. The molecule has 0 aliphatic carbocycles. The lowest BCUT2D eigenvalue weighted by Crippen LogP contribution is -2.41. The maximum Gasteiger partial charge on any atom is 0.410 e. The standard InChI is InChI=1S/C10H17NO4S/c1-3-6-11(10(12)15-4-2)9-5-7-16(13,14)8-9/h3,9H,1,4-8H2,2H3/t9-/m0/s1. The molecule has 0 radical (unpaired) electrons. The van der Waals surface area contributed by atoms with Crippen molar-refractivity contribution in [1.29, 1.82) is 0 Å². The molecule has 1 fully saturated rings. The molecular weight excluding hydrogens is 230 g/mol. The Balaban J connectivity index is 2.71. The Bertz CT molecular complexity index is 363. The molecule has 1 heterocycles. The molecule has 92 valence electrons. The summed E-state index contributed by atoms with van der Waals surface area (Å²) in [6.07, 6.45) is 1.58. The highest BCUT2D eigenvalue weighted by Gasteiger charge is 2.34. The van der Waals surface area contributed by atoms with Crippen LogP contribution in [-0.4, -0.2) is 50.1 Å². The van der Waals surface area contributed by atoms with Gasteiger partial charge in [-0.1, -0.05) is 6.08 Å². The van der Waals surface area contributed by atoms with Gasteiger partial charge < -0.3 is 9.64 Å². The summed E-state index contributed by atoms with van der Waals surface area (Å²) in [6.45, 7) is 5.87. The molecule has 0 saturated carbocycles. The molecule has 0 spiro atoms. The minimum atomic E-state index is -2.99. The average Bonchev–Trinajstić information content (AvgIpc) is 2.55. The molecule has 0 aromatic rings. The fraction of sp³-hybridized carbons (Fsp3) is 0.700. The number of nitrogens with zero attached hydrogens (tertiary/aromatic N) is 1. The van der Waals surface area contributed by atoms with E-state index < -0.39 is 15.9 Å². The van der Waals surface area contributed by atoms with Gasteiger partial charge in [-0.15, -0.1) is 6.58 Å². The fourth-order valence-corrected chi connectivity index (χ4v) is 3.47. The van der Waals surface area contributed by atoms with Gasteiger partial charge in [0.05, 0.1) is 24.2 Å². The van der Waals surface area contributed by atoms with Gasteiger partial charge in [0.1, 0.15) is 0 Å². The molecule has 1 rings (SSSR count). The third kappa shape index (κ3) is 3.23. The fourth-order valence-electron chi connectivity index (χ4n) is 1.74. The highest BCUT2D eigenvalue weighted by atomic mass is 32.2. The van der Waals surface area contributed by atoms with Gasteiger partial charge in [-0.2, -0.15) is 0 Å². The van der Waals surface area contributed by atoms with Crippen LogP contribution in [0, 0.1) is 0 Å². The van der Waals surface area contributed by atoms with Gasteiger partial charge in [0.15, 0.2) is 9.84 Å². The van der Waals surface area contributed by atoms with E-state index in [1.807, 2.05) is 0 Å². The highest BCUT2D eigenvalue weighted by Crippen LogP contribution is 2.18. The predicted octanol–water partition coefficient (Wildman–Crippen LogP) is 0.818. The lowest BCUT2D eigenvalue weighted by Gasteiger charge is -2.25. The van der Waals surface area contributed by atoms with Gasteiger partial charge in [-0.25, -0.2) is 13.2 Å². The number of carbonyl (C=O) groups is 1. The maximum atomic E-state index is 11.6. The molecule has 0 N–H and O–H groups in total. The molecule has 1 atom stereocenters. The first-order chi connectivity index (χ1) is 7.50. The van der Waals surface area contributed by atoms with Crippen molar-refractivity contribution in [2.24, 2.45) is 0 Å². The van der Waals surface area contributed by atoms with E-state index in [0.717, 1.165) is 0 Å². The number of carbonyl (C=O) groups excluding carboxylic acids is 1. The van der Waals surface area contributed by atoms with E-state index >= 15 is 0 Å². The Kier molecular flexibility index (Phi) is 4.35. The number of amides is 1. The quantitative estimate of drug-likeness (QED) is 0.690. The summed E-state index contributed by atoms with van der Waals surface area (Å²) in [5.74, 6) is 0.171. The molecule has 0 bridgehead atoms. The Morgan fingerprint density at radius 3 is 2.75 bits per heavy atom. The summed E-state index contributed by atoms with van der Waals surface area (Å²) >= 11 is 0. The van der Waals surface area contributed by atoms with Gasteiger partial charge in [0, 0.05) is 6.54 Å². The Morgan fingerprint density at radius 1 is 1.62 bits per heavy atom. The van der Waals surface area contributed by atoms with E-state index in [1.165, 1.54) is 4.90 Å². The molecule has 1 aliphatic heterocycles. The largest absolute Gasteiger partial charge is 0.450 e. The van der Waals surface area contributed by atoms with Crippen LogP contribution in [0.15, 0.2) is 12.7 Å². The van der Waals surface area contributed by atoms with E-state index in [4.69, 9.17) is 4.74 Å². The predicted molar refractivity (Wildman–Crippen MR) is 61.0 cm³/mol. The highest BCUT2D eigenvalue weighted by molar-refractivity contribution is 7.91. The molecule has 0 aromatic heterocycles. The van der Waals surface area contributed by atoms with Crippen molar-refractivity contribution in [3.63, 3.8) is 0 Å². The summed E-state index contributed by atoms with van der Waals surface area (Å²) in [5.41, 5.74) is 0. The molecule has 1 aliphatic rings. The number of rotatable bonds is 4. The van der Waals surface area contributed by atoms with Gasteiger partial charge in [0.25, 0.3) is 0 Å². The van der Waals surface area contributed by atoms with Crippen molar-refractivity contribution in [3.8, 4) is 0 Å². The van der Waals surface area contributed by atoms with Crippen LogP contribution < -0.4 is 0 Å². The van der Waals surface area contributed by atoms with Crippen molar-refractivity contribution in [2.45, 2.75) is 19.4 Å². The van der Waals surface area contributed by atoms with Crippen LogP contribution in [0.5, 0.6) is 0 Å². The SMILES string of the molecule is C=CCN(C(=O)OCC)[C@H]1CCS(=O)(=O)C1. The zero-order chi connectivity index (χ0) is 12.2. The number of hydrogen-bond donors (Lipinski definition) is 0. The van der Waals surface area contributed by atoms with Crippen molar-refractivity contribution in [1.82, 2.24) is 4.90 Å². The summed E-state index contributed by atoms with van der Waals surface area (Å²) in [6, 6.07) is -0.276. The van der Waals surface area contributed by atoms with Crippen molar-refractivity contribution < 1.29 is 17.9 Å². The zero-order valence-electron chi connectivity index (χ0n) is 9.39. The second-order valence-electron chi connectivity index (χ2n) is 3.70. The van der Waals surface area contributed by atoms with E-state index in [-0.39, 0.29) is 24.2 Å². The van der Waals surface area contributed by atoms with Crippen LogP contribution in [-0.2, 0) is 14.6 Å². The van der Waals surface area contributed by atoms with Crippen molar-refractivity contribution >= 4 is 15.9 Å². The Labute approximate surface area is 96.0 Å². The Morgan fingerprint density at radius 2 is 2.31 bits per heavy atom.